The SMILES string of the molecule is CCCCc1ccc(C(Cc2ccc(Cl)cc2)NS(=O)(=O)c2ccc(Cl)cc2)cc1. The normalized spacial score (nSPS) is 12.6. The minimum absolute atomic E-state index is 0.188. The Balaban J connectivity index is 1.88. The van der Waals surface area contributed by atoms with E-state index in [4.69, 9.17) is 23.2 Å². The molecule has 0 radical (unpaired) electrons. The number of hydrogen-bond donors (Lipinski definition) is 1. The summed E-state index contributed by atoms with van der Waals surface area (Å²) in [6.07, 6.45) is 3.81. The van der Waals surface area contributed by atoms with E-state index in [9.17, 15) is 8.42 Å². The zero-order valence-corrected chi connectivity index (χ0v) is 19.1. The largest absolute Gasteiger partial charge is 0.241 e. The molecule has 1 atom stereocenters. The van der Waals surface area contributed by atoms with Crippen LogP contribution in [0, 0.1) is 0 Å². The van der Waals surface area contributed by atoms with Crippen LogP contribution >= 0.6 is 23.2 Å². The van der Waals surface area contributed by atoms with Crippen LogP contribution in [0.25, 0.3) is 0 Å². The highest BCUT2D eigenvalue weighted by Gasteiger charge is 2.22. The van der Waals surface area contributed by atoms with E-state index in [2.05, 4.69) is 23.8 Å². The standard InChI is InChI=1S/C24H25Cl2NO2S/c1-2-3-4-18-5-9-20(10-6-18)24(17-19-7-11-21(25)12-8-19)27-30(28,29)23-15-13-22(26)14-16-23/h5-16,24,27H,2-4,17H2,1H3. The fourth-order valence-electron chi connectivity index (χ4n) is 3.25. The van der Waals surface area contributed by atoms with Crippen molar-refractivity contribution < 1.29 is 8.42 Å². The Morgan fingerprint density at radius 2 is 1.33 bits per heavy atom. The molecule has 0 saturated heterocycles. The van der Waals surface area contributed by atoms with Gasteiger partial charge in [-0.15, -0.1) is 0 Å². The Kier molecular flexibility index (Phi) is 7.95. The summed E-state index contributed by atoms with van der Waals surface area (Å²) in [4.78, 5) is 0.188. The van der Waals surface area contributed by atoms with Gasteiger partial charge >= 0.3 is 0 Å². The Morgan fingerprint density at radius 1 is 0.800 bits per heavy atom. The first-order chi connectivity index (χ1) is 14.4. The molecule has 0 aliphatic heterocycles. The van der Waals surface area contributed by atoms with Gasteiger partial charge in [0.25, 0.3) is 0 Å². The molecule has 0 spiro atoms. The van der Waals surface area contributed by atoms with E-state index in [1.54, 1.807) is 12.1 Å². The van der Waals surface area contributed by atoms with E-state index in [-0.39, 0.29) is 4.90 Å². The zero-order valence-electron chi connectivity index (χ0n) is 16.8. The molecule has 0 bridgehead atoms. The second-order valence-corrected chi connectivity index (χ2v) is 9.89. The van der Waals surface area contributed by atoms with Crippen molar-refractivity contribution in [1.29, 1.82) is 0 Å². The van der Waals surface area contributed by atoms with E-state index in [1.165, 1.54) is 17.7 Å². The number of halogens is 2. The summed E-state index contributed by atoms with van der Waals surface area (Å²) in [6.45, 7) is 2.17. The first kappa shape index (κ1) is 22.8. The van der Waals surface area contributed by atoms with Crippen molar-refractivity contribution in [2.75, 3.05) is 0 Å². The fraction of sp³-hybridized carbons (Fsp3) is 0.250. The number of sulfonamides is 1. The number of hydrogen-bond acceptors (Lipinski definition) is 2. The van der Waals surface area contributed by atoms with Crippen molar-refractivity contribution in [2.24, 2.45) is 0 Å². The molecule has 0 aliphatic rings. The molecule has 6 heteroatoms. The van der Waals surface area contributed by atoms with Gasteiger partial charge < -0.3 is 0 Å². The lowest BCUT2D eigenvalue weighted by atomic mass is 9.98. The lowest BCUT2D eigenvalue weighted by molar-refractivity contribution is 0.554. The van der Waals surface area contributed by atoms with E-state index in [1.807, 2.05) is 36.4 Å². The predicted octanol–water partition coefficient (Wildman–Crippen LogP) is 6.60. The smallest absolute Gasteiger partial charge is 0.207 e. The molecule has 0 fully saturated rings. The summed E-state index contributed by atoms with van der Waals surface area (Å²) in [5.74, 6) is 0. The van der Waals surface area contributed by atoms with Gasteiger partial charge in [0.2, 0.25) is 10.0 Å². The average Bonchev–Trinajstić information content (AvgIpc) is 2.74. The first-order valence-corrected chi connectivity index (χ1v) is 12.2. The lowest BCUT2D eigenvalue weighted by Gasteiger charge is -2.20. The molecule has 3 nitrogen and oxygen atoms in total. The molecule has 0 heterocycles. The number of rotatable bonds is 9. The summed E-state index contributed by atoms with van der Waals surface area (Å²) in [6, 6.07) is 21.4. The van der Waals surface area contributed by atoms with E-state index >= 15 is 0 Å². The Labute approximate surface area is 189 Å². The zero-order chi connectivity index (χ0) is 21.6. The fourth-order valence-corrected chi connectivity index (χ4v) is 4.73. The van der Waals surface area contributed by atoms with Gasteiger partial charge in [-0.05, 0) is 72.4 Å². The maximum atomic E-state index is 13.0. The molecular formula is C24H25Cl2NO2S. The van der Waals surface area contributed by atoms with Crippen LogP contribution in [0.4, 0.5) is 0 Å². The lowest BCUT2D eigenvalue weighted by Crippen LogP contribution is -2.30. The molecule has 3 rings (SSSR count). The van der Waals surface area contributed by atoms with Crippen LogP contribution in [0.3, 0.4) is 0 Å². The van der Waals surface area contributed by atoms with Crippen LogP contribution in [0.2, 0.25) is 10.0 Å². The summed E-state index contributed by atoms with van der Waals surface area (Å²) >= 11 is 11.9. The third-order valence-corrected chi connectivity index (χ3v) is 6.97. The van der Waals surface area contributed by atoms with Crippen LogP contribution in [0.1, 0.15) is 42.5 Å². The van der Waals surface area contributed by atoms with E-state index in [0.717, 1.165) is 30.4 Å². The van der Waals surface area contributed by atoms with Crippen molar-refractivity contribution in [2.45, 2.75) is 43.5 Å². The van der Waals surface area contributed by atoms with Gasteiger partial charge in [0.15, 0.2) is 0 Å². The number of benzene rings is 3. The summed E-state index contributed by atoms with van der Waals surface area (Å²) in [5.41, 5.74) is 3.17. The van der Waals surface area contributed by atoms with Crippen molar-refractivity contribution >= 4 is 33.2 Å². The average molecular weight is 462 g/mol. The predicted molar refractivity (Wildman–Crippen MR) is 125 cm³/mol. The van der Waals surface area contributed by atoms with Crippen molar-refractivity contribution in [3.63, 3.8) is 0 Å². The van der Waals surface area contributed by atoms with Crippen molar-refractivity contribution in [3.05, 3.63) is 99.5 Å². The van der Waals surface area contributed by atoms with Crippen LogP contribution in [-0.4, -0.2) is 8.42 Å². The van der Waals surface area contributed by atoms with Gasteiger partial charge in [0, 0.05) is 10.0 Å². The molecule has 1 unspecified atom stereocenters. The van der Waals surface area contributed by atoms with Crippen molar-refractivity contribution in [1.82, 2.24) is 4.72 Å². The Bertz CT molecular complexity index is 1050. The monoisotopic (exact) mass is 461 g/mol. The minimum atomic E-state index is -3.71. The summed E-state index contributed by atoms with van der Waals surface area (Å²) in [5, 5.41) is 1.15. The van der Waals surface area contributed by atoms with Gasteiger partial charge in [-0.25, -0.2) is 13.1 Å². The highest BCUT2D eigenvalue weighted by atomic mass is 35.5. The number of nitrogens with one attached hydrogen (secondary N) is 1. The molecular weight excluding hydrogens is 437 g/mol. The van der Waals surface area contributed by atoms with E-state index in [0.29, 0.717) is 16.5 Å². The second-order valence-electron chi connectivity index (χ2n) is 7.30. The van der Waals surface area contributed by atoms with Crippen LogP contribution in [0.15, 0.2) is 77.7 Å². The highest BCUT2D eigenvalue weighted by molar-refractivity contribution is 7.89. The summed E-state index contributed by atoms with van der Waals surface area (Å²) in [7, 11) is -3.71. The number of aryl methyl sites for hydroxylation is 1. The maximum Gasteiger partial charge on any atom is 0.241 e. The van der Waals surface area contributed by atoms with Crippen LogP contribution < -0.4 is 4.72 Å². The van der Waals surface area contributed by atoms with Gasteiger partial charge in [0.05, 0.1) is 10.9 Å². The van der Waals surface area contributed by atoms with Gasteiger partial charge in [-0.1, -0.05) is 72.9 Å². The number of unbranched alkanes of at least 4 members (excludes halogenated alkanes) is 1. The highest BCUT2D eigenvalue weighted by Crippen LogP contribution is 2.24. The van der Waals surface area contributed by atoms with Gasteiger partial charge in [0.1, 0.15) is 0 Å². The third kappa shape index (κ3) is 6.32. The quantitative estimate of drug-likeness (QED) is 0.390. The van der Waals surface area contributed by atoms with Gasteiger partial charge in [-0.3, -0.25) is 0 Å². The molecule has 0 aromatic heterocycles. The third-order valence-electron chi connectivity index (χ3n) is 4.98. The first-order valence-electron chi connectivity index (χ1n) is 9.98. The molecule has 3 aromatic carbocycles. The minimum Gasteiger partial charge on any atom is -0.207 e. The molecule has 0 amide bonds. The molecule has 158 valence electrons. The Hall–Kier alpha value is -1.85. The molecule has 0 saturated carbocycles. The van der Waals surface area contributed by atoms with Crippen molar-refractivity contribution in [3.8, 4) is 0 Å². The Morgan fingerprint density at radius 3 is 1.90 bits per heavy atom. The van der Waals surface area contributed by atoms with Gasteiger partial charge in [-0.2, -0.15) is 0 Å². The maximum absolute atomic E-state index is 13.0. The second kappa shape index (κ2) is 10.5. The van der Waals surface area contributed by atoms with Crippen LogP contribution in [0.5, 0.6) is 0 Å². The molecule has 3 aromatic rings. The van der Waals surface area contributed by atoms with E-state index < -0.39 is 16.1 Å². The molecule has 0 aliphatic carbocycles. The van der Waals surface area contributed by atoms with Crippen LogP contribution in [-0.2, 0) is 22.9 Å². The molecule has 30 heavy (non-hydrogen) atoms. The topological polar surface area (TPSA) is 46.2 Å². The molecule has 1 N–H and O–H groups in total. The summed E-state index contributed by atoms with van der Waals surface area (Å²) < 4.78 is 28.9.